The maximum Gasteiger partial charge on any atom is 0.227 e. The Morgan fingerprint density at radius 2 is 1.97 bits per heavy atom. The van der Waals surface area contributed by atoms with Gasteiger partial charge in [0.15, 0.2) is 0 Å². The van der Waals surface area contributed by atoms with Crippen molar-refractivity contribution in [3.05, 3.63) is 63.7 Å². The van der Waals surface area contributed by atoms with Gasteiger partial charge in [0.1, 0.15) is 12.0 Å². The van der Waals surface area contributed by atoms with Crippen molar-refractivity contribution in [3.8, 4) is 5.75 Å². The van der Waals surface area contributed by atoms with Crippen LogP contribution in [0.1, 0.15) is 55.0 Å². The monoisotopic (exact) mass is 458 g/mol. The van der Waals surface area contributed by atoms with Gasteiger partial charge in [-0.3, -0.25) is 9.69 Å². The molecular weight excluding hydrogens is 428 g/mol. The number of ether oxygens (including phenoxy) is 1. The van der Waals surface area contributed by atoms with Crippen LogP contribution in [0.2, 0.25) is 0 Å². The molecule has 3 aliphatic rings. The maximum absolute atomic E-state index is 12.7. The van der Waals surface area contributed by atoms with Gasteiger partial charge >= 0.3 is 0 Å². The third-order valence-electron chi connectivity index (χ3n) is 7.23. The van der Waals surface area contributed by atoms with Crippen molar-refractivity contribution in [2.45, 2.75) is 50.7 Å². The fraction of sp³-hybridized carbons (Fsp3) is 0.542. The van der Waals surface area contributed by atoms with Crippen LogP contribution in [-0.2, 0) is 16.6 Å². The second-order valence-corrected chi connectivity index (χ2v) is 11.4. The summed E-state index contributed by atoms with van der Waals surface area (Å²) in [6.45, 7) is 4.35. The van der Waals surface area contributed by atoms with Gasteiger partial charge in [0.25, 0.3) is 0 Å². The van der Waals surface area contributed by atoms with E-state index in [1.54, 1.807) is 6.07 Å². The average Bonchev–Trinajstić information content (AvgIpc) is 3.58. The van der Waals surface area contributed by atoms with Crippen LogP contribution >= 0.6 is 0 Å². The number of sulfonamides is 1. The topological polar surface area (TPSA) is 80.1 Å². The second-order valence-electron chi connectivity index (χ2n) is 9.38. The molecule has 2 aliphatic heterocycles. The molecule has 0 N–H and O–H groups in total. The van der Waals surface area contributed by atoms with E-state index in [4.69, 9.17) is 9.15 Å². The van der Waals surface area contributed by atoms with E-state index < -0.39 is 10.0 Å². The standard InChI is InChI=1S/C24H30N2O5S/c1-16(26-13-18-5-3-4-6-19(18)20-11-21(20)26)23-12-22(27)24(15-31-23)30-14-17-7-9-25(10-8-17)32(2,28)29/h3-6,12,15-17,20-21H,7-11,13-14H2,1-2H3/t16-,20+,21?/m0/s1. The van der Waals surface area contributed by atoms with Gasteiger partial charge in [-0.15, -0.1) is 0 Å². The van der Waals surface area contributed by atoms with E-state index in [0.29, 0.717) is 37.4 Å². The number of benzene rings is 1. The lowest BCUT2D eigenvalue weighted by Crippen LogP contribution is -2.39. The van der Waals surface area contributed by atoms with E-state index in [-0.39, 0.29) is 23.1 Å². The Morgan fingerprint density at radius 3 is 2.69 bits per heavy atom. The highest BCUT2D eigenvalue weighted by Crippen LogP contribution is 2.52. The molecule has 0 amide bonds. The predicted molar refractivity (Wildman–Crippen MR) is 121 cm³/mol. The zero-order valence-electron chi connectivity index (χ0n) is 18.6. The largest absolute Gasteiger partial charge is 0.486 e. The number of fused-ring (bicyclic) bond motifs is 3. The highest BCUT2D eigenvalue weighted by molar-refractivity contribution is 7.88. The number of nitrogens with zero attached hydrogens (tertiary/aromatic N) is 2. The van der Waals surface area contributed by atoms with Crippen LogP contribution in [0.4, 0.5) is 0 Å². The Bertz CT molecular complexity index is 1150. The number of hydrogen-bond acceptors (Lipinski definition) is 6. The number of piperidine rings is 1. The fourth-order valence-electron chi connectivity index (χ4n) is 5.18. The van der Waals surface area contributed by atoms with Crippen molar-refractivity contribution in [2.75, 3.05) is 26.0 Å². The van der Waals surface area contributed by atoms with Crippen molar-refractivity contribution in [3.63, 3.8) is 0 Å². The molecule has 172 valence electrons. The third-order valence-corrected chi connectivity index (χ3v) is 8.54. The fourth-order valence-corrected chi connectivity index (χ4v) is 6.05. The van der Waals surface area contributed by atoms with Gasteiger partial charge in [-0.25, -0.2) is 12.7 Å². The lowest BCUT2D eigenvalue weighted by Gasteiger charge is -2.33. The molecule has 1 saturated heterocycles. The average molecular weight is 459 g/mol. The van der Waals surface area contributed by atoms with E-state index in [9.17, 15) is 13.2 Å². The maximum atomic E-state index is 12.7. The second kappa shape index (κ2) is 8.32. The first-order chi connectivity index (χ1) is 15.3. The summed E-state index contributed by atoms with van der Waals surface area (Å²) in [6, 6.07) is 10.7. The molecule has 1 saturated carbocycles. The first-order valence-electron chi connectivity index (χ1n) is 11.4. The van der Waals surface area contributed by atoms with Gasteiger partial charge in [0, 0.05) is 37.7 Å². The first kappa shape index (κ1) is 21.7. The minimum Gasteiger partial charge on any atom is -0.486 e. The lowest BCUT2D eigenvalue weighted by atomic mass is 9.98. The summed E-state index contributed by atoms with van der Waals surface area (Å²) in [6.07, 6.45) is 5.29. The number of hydrogen-bond donors (Lipinski definition) is 0. The minimum atomic E-state index is -3.14. The van der Waals surface area contributed by atoms with Gasteiger partial charge in [-0.1, -0.05) is 24.3 Å². The van der Waals surface area contributed by atoms with Crippen molar-refractivity contribution in [2.24, 2.45) is 5.92 Å². The molecule has 8 heteroatoms. The van der Waals surface area contributed by atoms with Crippen LogP contribution in [0.15, 0.2) is 45.8 Å². The summed E-state index contributed by atoms with van der Waals surface area (Å²) in [7, 11) is -3.14. The summed E-state index contributed by atoms with van der Waals surface area (Å²) in [4.78, 5) is 15.1. The quantitative estimate of drug-likeness (QED) is 0.662. The van der Waals surface area contributed by atoms with Crippen LogP contribution in [0.25, 0.3) is 0 Å². The summed E-state index contributed by atoms with van der Waals surface area (Å²) >= 11 is 0. The SMILES string of the molecule is C[C@@H](c1cc(=O)c(OCC2CCN(S(C)(=O)=O)CC2)co1)N1Cc2ccccc2[C@H]2CC21. The molecule has 5 rings (SSSR count). The molecule has 0 bridgehead atoms. The van der Waals surface area contributed by atoms with E-state index in [1.807, 2.05) is 0 Å². The van der Waals surface area contributed by atoms with Crippen LogP contribution in [0, 0.1) is 5.92 Å². The smallest absolute Gasteiger partial charge is 0.227 e. The highest BCUT2D eigenvalue weighted by atomic mass is 32.2. The summed E-state index contributed by atoms with van der Waals surface area (Å²) in [5.41, 5.74) is 2.66. The highest BCUT2D eigenvalue weighted by Gasteiger charge is 2.48. The molecule has 1 aromatic heterocycles. The van der Waals surface area contributed by atoms with Gasteiger partial charge in [0.05, 0.1) is 18.9 Å². The molecule has 2 aromatic rings. The first-order valence-corrected chi connectivity index (χ1v) is 13.2. The minimum absolute atomic E-state index is 0.0143. The molecule has 3 heterocycles. The zero-order chi connectivity index (χ0) is 22.5. The zero-order valence-corrected chi connectivity index (χ0v) is 19.4. The normalized spacial score (nSPS) is 25.1. The third kappa shape index (κ3) is 4.23. The van der Waals surface area contributed by atoms with Gasteiger partial charge in [-0.2, -0.15) is 0 Å². The van der Waals surface area contributed by atoms with E-state index in [2.05, 4.69) is 36.1 Å². The van der Waals surface area contributed by atoms with Crippen molar-refractivity contribution in [1.82, 2.24) is 9.21 Å². The molecule has 0 radical (unpaired) electrons. The molecule has 1 aromatic carbocycles. The summed E-state index contributed by atoms with van der Waals surface area (Å²) in [5.74, 6) is 1.70. The van der Waals surface area contributed by atoms with E-state index in [0.717, 1.165) is 25.8 Å². The Kier molecular flexibility index (Phi) is 5.63. The van der Waals surface area contributed by atoms with Crippen molar-refractivity contribution < 1.29 is 17.6 Å². The Balaban J connectivity index is 1.20. The van der Waals surface area contributed by atoms with Crippen LogP contribution < -0.4 is 10.2 Å². The molecular formula is C24H30N2O5S. The summed E-state index contributed by atoms with van der Waals surface area (Å²) in [5, 5.41) is 0. The summed E-state index contributed by atoms with van der Waals surface area (Å²) < 4.78 is 36.4. The molecule has 0 spiro atoms. The molecule has 7 nitrogen and oxygen atoms in total. The Hall–Kier alpha value is -2.16. The Morgan fingerprint density at radius 1 is 1.22 bits per heavy atom. The van der Waals surface area contributed by atoms with Gasteiger partial charge in [-0.05, 0) is 43.2 Å². The molecule has 32 heavy (non-hydrogen) atoms. The van der Waals surface area contributed by atoms with Crippen LogP contribution in [0.5, 0.6) is 5.75 Å². The molecule has 1 unspecified atom stereocenters. The predicted octanol–water partition coefficient (Wildman–Crippen LogP) is 3.12. The molecule has 3 atom stereocenters. The van der Waals surface area contributed by atoms with Crippen LogP contribution in [0.3, 0.4) is 0 Å². The van der Waals surface area contributed by atoms with E-state index in [1.165, 1.54) is 28.0 Å². The van der Waals surface area contributed by atoms with E-state index >= 15 is 0 Å². The molecule has 2 fully saturated rings. The van der Waals surface area contributed by atoms with Crippen molar-refractivity contribution >= 4 is 10.0 Å². The van der Waals surface area contributed by atoms with Gasteiger partial charge in [0.2, 0.25) is 21.2 Å². The lowest BCUT2D eigenvalue weighted by molar-refractivity contribution is 0.153. The van der Waals surface area contributed by atoms with Crippen LogP contribution in [-0.4, -0.2) is 49.6 Å². The molecule has 1 aliphatic carbocycles. The number of rotatable bonds is 6. The Labute approximate surface area is 189 Å². The van der Waals surface area contributed by atoms with Crippen molar-refractivity contribution in [1.29, 1.82) is 0 Å². The van der Waals surface area contributed by atoms with Gasteiger partial charge < -0.3 is 9.15 Å².